The lowest BCUT2D eigenvalue weighted by atomic mass is 10.1. The van der Waals surface area contributed by atoms with E-state index in [9.17, 15) is 0 Å². The Hall–Kier alpha value is -0.190. The molecule has 1 aliphatic heterocycles. The molecule has 0 aliphatic carbocycles. The van der Waals surface area contributed by atoms with Crippen molar-refractivity contribution in [2.45, 2.75) is 32.5 Å². The average Bonchev–Trinajstić information content (AvgIpc) is 2.60. The molecule has 1 fully saturated rings. The molecule has 0 bridgehead atoms. The quantitative estimate of drug-likeness (QED) is 0.417. The van der Waals surface area contributed by atoms with Crippen LogP contribution in [0.4, 0.5) is 0 Å². The average molecular weight is 217 g/mol. The number of hydrogen-bond acceptors (Lipinski definition) is 3. The van der Waals surface area contributed by atoms with Crippen molar-refractivity contribution in [3.63, 3.8) is 0 Å². The molecule has 0 aromatic carbocycles. The van der Waals surface area contributed by atoms with Crippen LogP contribution in [0.25, 0.3) is 0 Å². The zero-order chi connectivity index (χ0) is 10.4. The lowest BCUT2D eigenvalue weighted by Gasteiger charge is -2.21. The minimum Gasteiger partial charge on any atom is -0.379 e. The van der Waals surface area contributed by atoms with E-state index in [1.165, 1.54) is 0 Å². The Balaban J connectivity index is 2.32. The van der Waals surface area contributed by atoms with Gasteiger partial charge in [-0.05, 0) is 12.8 Å². The van der Waals surface area contributed by atoms with Gasteiger partial charge >= 0.3 is 0 Å². The number of rotatable bonds is 6. The first-order valence-corrected chi connectivity index (χ1v) is 5.62. The predicted octanol–water partition coefficient (Wildman–Crippen LogP) is 1.71. The largest absolute Gasteiger partial charge is 0.379 e. The maximum atomic E-state index is 5.64. The highest BCUT2D eigenvalue weighted by Gasteiger charge is 2.29. The molecule has 1 aliphatic rings. The predicted molar refractivity (Wildman–Crippen MR) is 60.4 cm³/mol. The molecule has 1 heterocycles. The molecular weight excluding hydrogens is 198 g/mol. The molecule has 82 valence electrons. The highest BCUT2D eigenvalue weighted by molar-refractivity contribution is 7.80. The third-order valence-electron chi connectivity index (χ3n) is 2.43. The topological polar surface area (TPSA) is 30.5 Å². The molecule has 2 atom stereocenters. The monoisotopic (exact) mass is 217 g/mol. The van der Waals surface area contributed by atoms with Crippen LogP contribution in [0.5, 0.6) is 0 Å². The van der Waals surface area contributed by atoms with Crippen molar-refractivity contribution < 1.29 is 9.47 Å². The van der Waals surface area contributed by atoms with Crippen molar-refractivity contribution in [3.8, 4) is 0 Å². The van der Waals surface area contributed by atoms with Crippen molar-refractivity contribution in [3.05, 3.63) is 0 Å². The van der Waals surface area contributed by atoms with Gasteiger partial charge in [0, 0.05) is 20.3 Å². The molecule has 0 aromatic heterocycles. The third kappa shape index (κ3) is 3.19. The summed E-state index contributed by atoms with van der Waals surface area (Å²) in [6.45, 7) is 3.85. The summed E-state index contributed by atoms with van der Waals surface area (Å²) < 4.78 is 10.9. The molecule has 4 heteroatoms. The van der Waals surface area contributed by atoms with E-state index in [1.54, 1.807) is 7.11 Å². The summed E-state index contributed by atoms with van der Waals surface area (Å²) in [5.41, 5.74) is 0. The van der Waals surface area contributed by atoms with Crippen LogP contribution in [0, 0.1) is 5.92 Å². The van der Waals surface area contributed by atoms with E-state index in [0.29, 0.717) is 0 Å². The lowest BCUT2D eigenvalue weighted by molar-refractivity contribution is -0.141. The number of methoxy groups -OCH3 is 1. The minimum absolute atomic E-state index is 0.163. The van der Waals surface area contributed by atoms with Crippen molar-refractivity contribution in [1.82, 2.24) is 5.32 Å². The Bertz CT molecular complexity index is 187. The van der Waals surface area contributed by atoms with Crippen molar-refractivity contribution in [2.24, 2.45) is 5.92 Å². The minimum atomic E-state index is -0.163. The van der Waals surface area contributed by atoms with Crippen LogP contribution in [0.3, 0.4) is 0 Å². The second-order valence-corrected chi connectivity index (χ2v) is 3.95. The summed E-state index contributed by atoms with van der Waals surface area (Å²) in [5.74, 6) is 0.242. The van der Waals surface area contributed by atoms with Gasteiger partial charge in [0.2, 0.25) is 0 Å². The van der Waals surface area contributed by atoms with Gasteiger partial charge in [0.05, 0.1) is 10.9 Å². The van der Waals surface area contributed by atoms with Crippen LogP contribution in [0.15, 0.2) is 0 Å². The van der Waals surface area contributed by atoms with E-state index in [0.717, 1.165) is 37.4 Å². The summed E-state index contributed by atoms with van der Waals surface area (Å²) in [4.78, 5) is 0.883. The smallest absolute Gasteiger partial charge is 0.166 e. The first-order valence-electron chi connectivity index (χ1n) is 5.21. The molecule has 1 rings (SSSR count). The second-order valence-electron chi connectivity index (χ2n) is 3.51. The molecule has 1 saturated heterocycles. The first kappa shape index (κ1) is 11.9. The van der Waals surface area contributed by atoms with E-state index in [1.807, 2.05) is 0 Å². The molecule has 0 aromatic rings. The van der Waals surface area contributed by atoms with Crippen molar-refractivity contribution in [2.75, 3.05) is 20.3 Å². The molecule has 0 spiro atoms. The fourth-order valence-corrected chi connectivity index (χ4v) is 1.90. The Morgan fingerprint density at radius 2 is 2.43 bits per heavy atom. The maximum absolute atomic E-state index is 5.64. The van der Waals surface area contributed by atoms with Gasteiger partial charge in [0.15, 0.2) is 6.29 Å². The molecule has 1 N–H and O–H groups in total. The van der Waals surface area contributed by atoms with Gasteiger partial charge in [-0.25, -0.2) is 0 Å². The zero-order valence-electron chi connectivity index (χ0n) is 8.91. The molecule has 14 heavy (non-hydrogen) atoms. The molecule has 3 nitrogen and oxygen atoms in total. The summed E-state index contributed by atoms with van der Waals surface area (Å²) in [5, 5.41) is 3.15. The van der Waals surface area contributed by atoms with Crippen LogP contribution in [-0.2, 0) is 9.47 Å². The highest BCUT2D eigenvalue weighted by atomic mass is 32.1. The van der Waals surface area contributed by atoms with Crippen molar-refractivity contribution >= 4 is 17.2 Å². The highest BCUT2D eigenvalue weighted by Crippen LogP contribution is 2.19. The summed E-state index contributed by atoms with van der Waals surface area (Å²) >= 11 is 5.19. The molecule has 0 saturated carbocycles. The molecule has 0 radical (unpaired) electrons. The van der Waals surface area contributed by atoms with E-state index < -0.39 is 0 Å². The van der Waals surface area contributed by atoms with E-state index in [2.05, 4.69) is 12.2 Å². The Labute approximate surface area is 91.2 Å². The SMILES string of the molecule is CCCCOC(OC)C1CCNC1=S. The van der Waals surface area contributed by atoms with Crippen molar-refractivity contribution in [1.29, 1.82) is 0 Å². The van der Waals surface area contributed by atoms with Gasteiger partial charge in [0.25, 0.3) is 0 Å². The number of thiocarbonyl (C=S) groups is 1. The molecular formula is C10H19NO2S. The fourth-order valence-electron chi connectivity index (χ4n) is 1.57. The van der Waals surface area contributed by atoms with E-state index in [4.69, 9.17) is 21.7 Å². The standard InChI is InChI=1S/C10H19NO2S/c1-3-4-7-13-10(12-2)8-5-6-11-9(8)14/h8,10H,3-7H2,1-2H3,(H,11,14). The first-order chi connectivity index (χ1) is 6.79. The number of nitrogens with one attached hydrogen (secondary N) is 1. The maximum Gasteiger partial charge on any atom is 0.166 e. The van der Waals surface area contributed by atoms with Gasteiger partial charge in [-0.1, -0.05) is 25.6 Å². The van der Waals surface area contributed by atoms with Gasteiger partial charge in [-0.15, -0.1) is 0 Å². The van der Waals surface area contributed by atoms with Gasteiger partial charge in [0.1, 0.15) is 0 Å². The Kier molecular flexibility index (Phi) is 5.37. The number of ether oxygens (including phenoxy) is 2. The second kappa shape index (κ2) is 6.32. The van der Waals surface area contributed by atoms with Crippen LogP contribution in [0.2, 0.25) is 0 Å². The summed E-state index contributed by atoms with van der Waals surface area (Å²) in [6.07, 6.45) is 3.07. The van der Waals surface area contributed by atoms with Gasteiger partial charge < -0.3 is 14.8 Å². The number of hydrogen-bond donors (Lipinski definition) is 1. The third-order valence-corrected chi connectivity index (χ3v) is 2.88. The normalized spacial score (nSPS) is 23.6. The Morgan fingerprint density at radius 1 is 1.64 bits per heavy atom. The summed E-state index contributed by atoms with van der Waals surface area (Å²) in [6, 6.07) is 0. The van der Waals surface area contributed by atoms with Gasteiger partial charge in [-0.3, -0.25) is 0 Å². The fraction of sp³-hybridized carbons (Fsp3) is 0.900. The molecule has 2 unspecified atom stereocenters. The summed E-state index contributed by atoms with van der Waals surface area (Å²) in [7, 11) is 1.68. The van der Waals surface area contributed by atoms with Gasteiger partial charge in [-0.2, -0.15) is 0 Å². The molecule has 0 amide bonds. The Morgan fingerprint density at radius 3 is 2.93 bits per heavy atom. The van der Waals surface area contributed by atoms with E-state index >= 15 is 0 Å². The lowest BCUT2D eigenvalue weighted by Crippen LogP contribution is -2.31. The van der Waals surface area contributed by atoms with Crippen LogP contribution >= 0.6 is 12.2 Å². The van der Waals surface area contributed by atoms with Crippen LogP contribution in [-0.4, -0.2) is 31.5 Å². The van der Waals surface area contributed by atoms with Crippen LogP contribution in [0.1, 0.15) is 26.2 Å². The van der Waals surface area contributed by atoms with E-state index in [-0.39, 0.29) is 12.2 Å². The number of unbranched alkanes of at least 4 members (excludes halogenated alkanes) is 1. The zero-order valence-corrected chi connectivity index (χ0v) is 9.73. The van der Waals surface area contributed by atoms with Crippen LogP contribution < -0.4 is 5.32 Å².